The van der Waals surface area contributed by atoms with Crippen LogP contribution in [-0.2, 0) is 0 Å². The molecule has 0 rings (SSSR count). The van der Waals surface area contributed by atoms with Gasteiger partial charge in [0.15, 0.2) is 0 Å². The molecule has 0 aromatic rings. The lowest BCUT2D eigenvalue weighted by Gasteiger charge is -2.35. The standard InChI is InChI=1S/C12H23N/c1-7-9-13(11(5)6)12(8-2)10(3)4/h1,10-12H,8-9H2,2-6H3. The third kappa shape index (κ3) is 3.83. The second-order valence-corrected chi connectivity index (χ2v) is 4.19. The molecule has 0 aliphatic carbocycles. The Morgan fingerprint density at radius 3 is 2.00 bits per heavy atom. The molecule has 0 bridgehead atoms. The summed E-state index contributed by atoms with van der Waals surface area (Å²) in [6.07, 6.45) is 6.55. The molecule has 1 unspecified atom stereocenters. The van der Waals surface area contributed by atoms with Gasteiger partial charge in [-0.3, -0.25) is 4.90 Å². The average molecular weight is 181 g/mol. The largest absolute Gasteiger partial charge is 0.287 e. The third-order valence-electron chi connectivity index (χ3n) is 2.55. The molecule has 0 heterocycles. The zero-order valence-corrected chi connectivity index (χ0v) is 9.67. The summed E-state index contributed by atoms with van der Waals surface area (Å²) in [5.41, 5.74) is 0. The van der Waals surface area contributed by atoms with Crippen LogP contribution in [0, 0.1) is 18.3 Å². The van der Waals surface area contributed by atoms with Crippen molar-refractivity contribution in [3.8, 4) is 12.3 Å². The van der Waals surface area contributed by atoms with Gasteiger partial charge in [-0.05, 0) is 26.2 Å². The Labute approximate surface area is 83.5 Å². The Hall–Kier alpha value is -0.480. The lowest BCUT2D eigenvalue weighted by molar-refractivity contribution is 0.132. The first kappa shape index (κ1) is 12.5. The quantitative estimate of drug-likeness (QED) is 0.589. The summed E-state index contributed by atoms with van der Waals surface area (Å²) < 4.78 is 0. The van der Waals surface area contributed by atoms with Crippen molar-refractivity contribution in [1.29, 1.82) is 0 Å². The predicted octanol–water partition coefficient (Wildman–Crippen LogP) is 2.76. The van der Waals surface area contributed by atoms with Gasteiger partial charge in [0, 0.05) is 12.1 Å². The number of hydrogen-bond donors (Lipinski definition) is 0. The molecule has 0 aromatic carbocycles. The molecule has 0 amide bonds. The molecule has 0 N–H and O–H groups in total. The lowest BCUT2D eigenvalue weighted by Crippen LogP contribution is -2.43. The van der Waals surface area contributed by atoms with Crippen molar-refractivity contribution in [1.82, 2.24) is 4.90 Å². The van der Waals surface area contributed by atoms with Crippen molar-refractivity contribution in [2.75, 3.05) is 6.54 Å². The predicted molar refractivity (Wildman–Crippen MR) is 59.6 cm³/mol. The highest BCUT2D eigenvalue weighted by Gasteiger charge is 2.21. The van der Waals surface area contributed by atoms with Gasteiger partial charge in [0.25, 0.3) is 0 Å². The van der Waals surface area contributed by atoms with E-state index in [0.29, 0.717) is 18.0 Å². The monoisotopic (exact) mass is 181 g/mol. The van der Waals surface area contributed by atoms with Crippen LogP contribution in [0.1, 0.15) is 41.0 Å². The van der Waals surface area contributed by atoms with Crippen molar-refractivity contribution in [3.05, 3.63) is 0 Å². The van der Waals surface area contributed by atoms with Crippen molar-refractivity contribution < 1.29 is 0 Å². The maximum atomic E-state index is 5.37. The van der Waals surface area contributed by atoms with Crippen LogP contribution in [0.5, 0.6) is 0 Å². The molecule has 0 radical (unpaired) electrons. The molecule has 0 saturated carbocycles. The van der Waals surface area contributed by atoms with E-state index < -0.39 is 0 Å². The highest BCUT2D eigenvalue weighted by molar-refractivity contribution is 4.92. The summed E-state index contributed by atoms with van der Waals surface area (Å²) in [6.45, 7) is 12.0. The van der Waals surface area contributed by atoms with E-state index in [4.69, 9.17) is 6.42 Å². The fraction of sp³-hybridized carbons (Fsp3) is 0.833. The van der Waals surface area contributed by atoms with Crippen LogP contribution >= 0.6 is 0 Å². The first-order valence-corrected chi connectivity index (χ1v) is 5.23. The molecule has 76 valence electrons. The molecule has 0 aliphatic heterocycles. The van der Waals surface area contributed by atoms with E-state index >= 15 is 0 Å². The van der Waals surface area contributed by atoms with Crippen molar-refractivity contribution in [3.63, 3.8) is 0 Å². The molecular weight excluding hydrogens is 158 g/mol. The molecule has 0 aliphatic rings. The number of hydrogen-bond acceptors (Lipinski definition) is 1. The number of terminal acetylenes is 1. The van der Waals surface area contributed by atoms with Crippen LogP contribution < -0.4 is 0 Å². The molecule has 1 atom stereocenters. The minimum Gasteiger partial charge on any atom is -0.287 e. The highest BCUT2D eigenvalue weighted by atomic mass is 15.2. The van der Waals surface area contributed by atoms with E-state index in [2.05, 4.69) is 45.4 Å². The van der Waals surface area contributed by atoms with Crippen molar-refractivity contribution in [2.24, 2.45) is 5.92 Å². The van der Waals surface area contributed by atoms with Crippen LogP contribution in [-0.4, -0.2) is 23.5 Å². The van der Waals surface area contributed by atoms with E-state index in [1.54, 1.807) is 0 Å². The molecule has 1 heteroatoms. The maximum Gasteiger partial charge on any atom is 0.0603 e. The van der Waals surface area contributed by atoms with Gasteiger partial charge in [-0.15, -0.1) is 6.42 Å². The molecule has 0 saturated heterocycles. The maximum absolute atomic E-state index is 5.37. The Balaban J connectivity index is 4.41. The Morgan fingerprint density at radius 2 is 1.77 bits per heavy atom. The normalized spacial score (nSPS) is 13.8. The fourth-order valence-corrected chi connectivity index (χ4v) is 1.88. The van der Waals surface area contributed by atoms with Crippen LogP contribution in [0.2, 0.25) is 0 Å². The van der Waals surface area contributed by atoms with E-state index in [1.807, 2.05) is 0 Å². The topological polar surface area (TPSA) is 3.24 Å². The van der Waals surface area contributed by atoms with Gasteiger partial charge in [-0.1, -0.05) is 26.7 Å². The molecule has 0 fully saturated rings. The minimum atomic E-state index is 0.545. The van der Waals surface area contributed by atoms with Gasteiger partial charge < -0.3 is 0 Å². The summed E-state index contributed by atoms with van der Waals surface area (Å²) in [6, 6.07) is 1.17. The molecule has 0 aromatic heterocycles. The summed E-state index contributed by atoms with van der Waals surface area (Å²) in [4.78, 5) is 2.41. The van der Waals surface area contributed by atoms with E-state index in [9.17, 15) is 0 Å². The first-order chi connectivity index (χ1) is 6.04. The average Bonchev–Trinajstić information content (AvgIpc) is 2.03. The van der Waals surface area contributed by atoms with Gasteiger partial charge in [0.05, 0.1) is 6.54 Å². The smallest absolute Gasteiger partial charge is 0.0603 e. The molecular formula is C12H23N. The lowest BCUT2D eigenvalue weighted by atomic mass is 9.98. The summed E-state index contributed by atoms with van der Waals surface area (Å²) >= 11 is 0. The van der Waals surface area contributed by atoms with Crippen LogP contribution in [0.4, 0.5) is 0 Å². The van der Waals surface area contributed by atoms with Crippen LogP contribution in [0.25, 0.3) is 0 Å². The number of rotatable bonds is 5. The second kappa shape index (κ2) is 6.05. The van der Waals surface area contributed by atoms with Crippen molar-refractivity contribution >= 4 is 0 Å². The molecule has 13 heavy (non-hydrogen) atoms. The van der Waals surface area contributed by atoms with Crippen molar-refractivity contribution in [2.45, 2.75) is 53.1 Å². The second-order valence-electron chi connectivity index (χ2n) is 4.19. The Morgan fingerprint density at radius 1 is 1.23 bits per heavy atom. The fourth-order valence-electron chi connectivity index (χ4n) is 1.88. The van der Waals surface area contributed by atoms with Gasteiger partial charge in [-0.25, -0.2) is 0 Å². The van der Waals surface area contributed by atoms with Gasteiger partial charge in [0.2, 0.25) is 0 Å². The van der Waals surface area contributed by atoms with E-state index in [1.165, 1.54) is 6.42 Å². The van der Waals surface area contributed by atoms with E-state index in [-0.39, 0.29) is 0 Å². The summed E-state index contributed by atoms with van der Waals surface area (Å²) in [5, 5.41) is 0. The zero-order valence-electron chi connectivity index (χ0n) is 9.67. The Kier molecular flexibility index (Phi) is 5.82. The highest BCUT2D eigenvalue weighted by Crippen LogP contribution is 2.16. The molecule has 1 nitrogen and oxygen atoms in total. The van der Waals surface area contributed by atoms with Crippen LogP contribution in [0.15, 0.2) is 0 Å². The van der Waals surface area contributed by atoms with Gasteiger partial charge >= 0.3 is 0 Å². The summed E-state index contributed by atoms with van der Waals surface area (Å²) in [5.74, 6) is 3.43. The number of nitrogens with zero attached hydrogens (tertiary/aromatic N) is 1. The Bertz CT molecular complexity index is 164. The summed E-state index contributed by atoms with van der Waals surface area (Å²) in [7, 11) is 0. The first-order valence-electron chi connectivity index (χ1n) is 5.23. The van der Waals surface area contributed by atoms with Gasteiger partial charge in [-0.2, -0.15) is 0 Å². The van der Waals surface area contributed by atoms with Gasteiger partial charge in [0.1, 0.15) is 0 Å². The minimum absolute atomic E-state index is 0.545. The third-order valence-corrected chi connectivity index (χ3v) is 2.55. The van der Waals surface area contributed by atoms with Crippen LogP contribution in [0.3, 0.4) is 0 Å². The molecule has 0 spiro atoms. The van der Waals surface area contributed by atoms with E-state index in [0.717, 1.165) is 6.54 Å². The SMILES string of the molecule is C#CCN(C(C)C)C(CC)C(C)C. The zero-order chi connectivity index (χ0) is 10.4.